The van der Waals surface area contributed by atoms with Gasteiger partial charge in [-0.1, -0.05) is 25.4 Å². The topological polar surface area (TPSA) is 79.0 Å². The number of benzene rings is 1. The Hall–Kier alpha value is -1.35. The first-order valence-corrected chi connectivity index (χ1v) is 10.3. The summed E-state index contributed by atoms with van der Waals surface area (Å²) in [7, 11) is -0.799. The summed E-state index contributed by atoms with van der Waals surface area (Å²) in [5, 5.41) is 3.10. The molecule has 7 nitrogen and oxygen atoms in total. The van der Waals surface area contributed by atoms with Gasteiger partial charge in [-0.15, -0.1) is 0 Å². The van der Waals surface area contributed by atoms with Crippen LogP contribution in [-0.2, 0) is 15.0 Å². The van der Waals surface area contributed by atoms with Crippen LogP contribution in [0.3, 0.4) is 0 Å². The quantitative estimate of drug-likeness (QED) is 0.791. The molecule has 146 valence electrons. The van der Waals surface area contributed by atoms with Crippen molar-refractivity contribution in [3.05, 3.63) is 23.2 Å². The first kappa shape index (κ1) is 21.0. The largest absolute Gasteiger partial charge is 0.495 e. The lowest BCUT2D eigenvalue weighted by molar-refractivity contribution is -0.116. The average molecular weight is 404 g/mol. The van der Waals surface area contributed by atoms with Crippen molar-refractivity contribution in [1.82, 2.24) is 8.61 Å². The summed E-state index contributed by atoms with van der Waals surface area (Å²) < 4.78 is 33.2. The van der Waals surface area contributed by atoms with Gasteiger partial charge in [0, 0.05) is 25.2 Å². The van der Waals surface area contributed by atoms with Crippen LogP contribution in [0.4, 0.5) is 5.69 Å². The van der Waals surface area contributed by atoms with Crippen LogP contribution in [0.15, 0.2) is 18.2 Å². The summed E-state index contributed by atoms with van der Waals surface area (Å²) in [6.45, 7) is 4.73. The third-order valence-electron chi connectivity index (χ3n) is 4.36. The Morgan fingerprint density at radius 1 is 1.35 bits per heavy atom. The van der Waals surface area contributed by atoms with Crippen molar-refractivity contribution in [2.75, 3.05) is 39.1 Å². The number of rotatable bonds is 6. The van der Waals surface area contributed by atoms with E-state index in [1.165, 1.54) is 18.5 Å². The monoisotopic (exact) mass is 403 g/mol. The number of carbonyl (C=O) groups is 1. The molecular formula is C17H26ClN3O4S. The molecule has 2 unspecified atom stereocenters. The van der Waals surface area contributed by atoms with E-state index in [0.29, 0.717) is 41.4 Å². The zero-order chi connectivity index (χ0) is 19.5. The normalized spacial score (nSPS) is 21.6. The van der Waals surface area contributed by atoms with Crippen molar-refractivity contribution in [2.45, 2.75) is 20.3 Å². The molecule has 2 atom stereocenters. The first-order chi connectivity index (χ1) is 12.1. The number of nitrogens with zero attached hydrogens (tertiary/aromatic N) is 2. The maximum Gasteiger partial charge on any atom is 0.282 e. The third kappa shape index (κ3) is 5.09. The number of anilines is 1. The number of methoxy groups -OCH3 is 1. The number of amides is 1. The van der Waals surface area contributed by atoms with E-state index in [9.17, 15) is 13.2 Å². The van der Waals surface area contributed by atoms with Gasteiger partial charge in [-0.05, 0) is 36.5 Å². The third-order valence-corrected chi connectivity index (χ3v) is 6.46. The molecule has 1 aromatic rings. The number of hydrogen-bond acceptors (Lipinski definition) is 4. The van der Waals surface area contributed by atoms with Crippen LogP contribution in [0, 0.1) is 11.8 Å². The van der Waals surface area contributed by atoms with E-state index in [-0.39, 0.29) is 6.54 Å². The summed E-state index contributed by atoms with van der Waals surface area (Å²) in [5.41, 5.74) is 0.399. The van der Waals surface area contributed by atoms with Crippen molar-refractivity contribution in [3.63, 3.8) is 0 Å². The van der Waals surface area contributed by atoms with Crippen LogP contribution < -0.4 is 10.1 Å². The van der Waals surface area contributed by atoms with E-state index < -0.39 is 16.1 Å². The molecule has 1 aliphatic heterocycles. The predicted octanol–water partition coefficient (Wildman–Crippen LogP) is 2.44. The standard InChI is InChI=1S/C17H26ClN3O4S/c1-12-7-13(2)10-21(9-12)26(23,24)20(3)11-17(22)19-15-8-14(18)5-6-16(15)25-4/h5-6,8,12-13H,7,9-11H2,1-4H3,(H,19,22). The van der Waals surface area contributed by atoms with Gasteiger partial charge < -0.3 is 10.1 Å². The summed E-state index contributed by atoms with van der Waals surface area (Å²) in [5.74, 6) is 0.583. The number of piperidine rings is 1. The van der Waals surface area contributed by atoms with Gasteiger partial charge in [-0.25, -0.2) is 0 Å². The summed E-state index contributed by atoms with van der Waals surface area (Å²) in [6.07, 6.45) is 1.00. The highest BCUT2D eigenvalue weighted by atomic mass is 35.5. The van der Waals surface area contributed by atoms with Crippen LogP contribution >= 0.6 is 11.6 Å². The maximum absolute atomic E-state index is 12.8. The summed E-state index contributed by atoms with van der Waals surface area (Å²) in [6, 6.07) is 4.83. The SMILES string of the molecule is COc1ccc(Cl)cc1NC(=O)CN(C)S(=O)(=O)N1CC(C)CC(C)C1. The molecule has 1 fully saturated rings. The number of ether oxygens (including phenoxy) is 1. The first-order valence-electron chi connectivity index (χ1n) is 8.48. The van der Waals surface area contributed by atoms with Gasteiger partial charge in [0.25, 0.3) is 10.2 Å². The molecule has 0 aromatic heterocycles. The van der Waals surface area contributed by atoms with Gasteiger partial charge in [-0.2, -0.15) is 17.0 Å². The Kier molecular flexibility index (Phi) is 6.90. The van der Waals surface area contributed by atoms with Crippen LogP contribution in [-0.4, -0.2) is 56.7 Å². The second-order valence-corrected chi connectivity index (χ2v) is 9.39. The lowest BCUT2D eigenvalue weighted by atomic mass is 9.94. The van der Waals surface area contributed by atoms with Crippen LogP contribution in [0.25, 0.3) is 0 Å². The Balaban J connectivity index is 2.05. The number of halogens is 1. The molecule has 26 heavy (non-hydrogen) atoms. The van der Waals surface area contributed by atoms with Gasteiger partial charge in [0.05, 0.1) is 19.3 Å². The predicted molar refractivity (Wildman–Crippen MR) is 103 cm³/mol. The smallest absolute Gasteiger partial charge is 0.282 e. The molecular weight excluding hydrogens is 378 g/mol. The number of hydrogen-bond donors (Lipinski definition) is 1. The highest BCUT2D eigenvalue weighted by molar-refractivity contribution is 7.86. The van der Waals surface area contributed by atoms with E-state index in [0.717, 1.165) is 10.7 Å². The Morgan fingerprint density at radius 2 is 1.96 bits per heavy atom. The molecule has 0 bridgehead atoms. The minimum absolute atomic E-state index is 0.294. The van der Waals surface area contributed by atoms with Crippen LogP contribution in [0.2, 0.25) is 5.02 Å². The molecule has 1 amide bonds. The average Bonchev–Trinajstić information content (AvgIpc) is 2.54. The molecule has 1 aliphatic rings. The van der Waals surface area contributed by atoms with E-state index in [1.807, 2.05) is 13.8 Å². The van der Waals surface area contributed by atoms with Crippen molar-refractivity contribution in [3.8, 4) is 5.75 Å². The van der Waals surface area contributed by atoms with Crippen LogP contribution in [0.5, 0.6) is 5.75 Å². The Bertz CT molecular complexity index is 746. The molecule has 0 radical (unpaired) electrons. The second kappa shape index (κ2) is 8.56. The minimum atomic E-state index is -3.69. The fraction of sp³-hybridized carbons (Fsp3) is 0.588. The van der Waals surface area contributed by atoms with Gasteiger partial charge in [0.1, 0.15) is 5.75 Å². The van der Waals surface area contributed by atoms with Gasteiger partial charge >= 0.3 is 0 Å². The van der Waals surface area contributed by atoms with Crippen molar-refractivity contribution in [1.29, 1.82) is 0 Å². The zero-order valence-electron chi connectivity index (χ0n) is 15.5. The molecule has 2 rings (SSSR count). The fourth-order valence-electron chi connectivity index (χ4n) is 3.24. The molecule has 1 N–H and O–H groups in total. The van der Waals surface area contributed by atoms with Gasteiger partial charge in [-0.3, -0.25) is 4.79 Å². The lowest BCUT2D eigenvalue weighted by Gasteiger charge is -2.36. The highest BCUT2D eigenvalue weighted by Crippen LogP contribution is 2.28. The molecule has 0 saturated carbocycles. The number of likely N-dealkylation sites (N-methyl/N-ethyl adjacent to an activating group) is 1. The Morgan fingerprint density at radius 3 is 2.54 bits per heavy atom. The van der Waals surface area contributed by atoms with Crippen molar-refractivity contribution < 1.29 is 17.9 Å². The summed E-state index contributed by atoms with van der Waals surface area (Å²) in [4.78, 5) is 12.3. The molecule has 1 aromatic carbocycles. The molecule has 1 saturated heterocycles. The lowest BCUT2D eigenvalue weighted by Crippen LogP contribution is -2.49. The molecule has 1 heterocycles. The highest BCUT2D eigenvalue weighted by Gasteiger charge is 2.33. The Labute approximate surface area is 160 Å². The molecule has 0 spiro atoms. The van der Waals surface area contributed by atoms with Gasteiger partial charge in [0.2, 0.25) is 5.91 Å². The van der Waals surface area contributed by atoms with E-state index in [2.05, 4.69) is 5.32 Å². The van der Waals surface area contributed by atoms with Gasteiger partial charge in [0.15, 0.2) is 0 Å². The number of nitrogens with one attached hydrogen (secondary N) is 1. The van der Waals surface area contributed by atoms with E-state index in [4.69, 9.17) is 16.3 Å². The van der Waals surface area contributed by atoms with E-state index in [1.54, 1.807) is 18.2 Å². The number of carbonyl (C=O) groups excluding carboxylic acids is 1. The maximum atomic E-state index is 12.8. The zero-order valence-corrected chi connectivity index (χ0v) is 17.1. The van der Waals surface area contributed by atoms with Crippen molar-refractivity contribution in [2.24, 2.45) is 11.8 Å². The minimum Gasteiger partial charge on any atom is -0.495 e. The summed E-state index contributed by atoms with van der Waals surface area (Å²) >= 11 is 5.94. The van der Waals surface area contributed by atoms with Crippen molar-refractivity contribution >= 4 is 33.4 Å². The fourth-order valence-corrected chi connectivity index (χ4v) is 4.98. The molecule has 9 heteroatoms. The second-order valence-electron chi connectivity index (χ2n) is 6.92. The van der Waals surface area contributed by atoms with E-state index >= 15 is 0 Å². The van der Waals surface area contributed by atoms with Crippen LogP contribution in [0.1, 0.15) is 20.3 Å². The molecule has 0 aliphatic carbocycles.